The van der Waals surface area contributed by atoms with Gasteiger partial charge in [0.1, 0.15) is 6.54 Å². The molecule has 0 radical (unpaired) electrons. The fourth-order valence-electron chi connectivity index (χ4n) is 4.48. The zero-order valence-corrected chi connectivity index (χ0v) is 24.5. The maximum atomic E-state index is 13.2. The van der Waals surface area contributed by atoms with Crippen LogP contribution >= 0.6 is 11.3 Å². The van der Waals surface area contributed by atoms with Crippen LogP contribution in [-0.2, 0) is 30.8 Å². The van der Waals surface area contributed by atoms with Gasteiger partial charge >= 0.3 is 12.1 Å². The van der Waals surface area contributed by atoms with Crippen molar-refractivity contribution in [2.75, 3.05) is 39.4 Å². The van der Waals surface area contributed by atoms with Crippen LogP contribution in [-0.4, -0.2) is 79.6 Å². The molecule has 1 fully saturated rings. The first kappa shape index (κ1) is 29.4. The second-order valence-corrected chi connectivity index (χ2v) is 12.2. The number of thiazole rings is 1. The quantitative estimate of drug-likeness (QED) is 0.388. The van der Waals surface area contributed by atoms with Gasteiger partial charge in [0.15, 0.2) is 4.80 Å². The SMILES string of the molecule is CCOC(=O)Cn1c(=NC(=O)c2ccc(S(=O)(=O)N3CCN(C(=O)OCC)CC3)cc2)sc2c(C)cc(C)cc21. The van der Waals surface area contributed by atoms with Crippen molar-refractivity contribution >= 4 is 49.5 Å². The minimum atomic E-state index is -3.82. The Bertz CT molecular complexity index is 1600. The summed E-state index contributed by atoms with van der Waals surface area (Å²) in [5.41, 5.74) is 3.01. The average molecular weight is 589 g/mol. The molecule has 1 aliphatic rings. The number of fused-ring (bicyclic) bond motifs is 1. The topological polar surface area (TPSA) is 128 Å². The van der Waals surface area contributed by atoms with Crippen LogP contribution in [0.4, 0.5) is 4.79 Å². The van der Waals surface area contributed by atoms with E-state index in [0.717, 1.165) is 21.3 Å². The van der Waals surface area contributed by atoms with Gasteiger partial charge in [0.25, 0.3) is 5.91 Å². The van der Waals surface area contributed by atoms with E-state index in [2.05, 4.69) is 4.99 Å². The van der Waals surface area contributed by atoms with Crippen molar-refractivity contribution in [3.63, 3.8) is 0 Å². The Labute approximate surface area is 236 Å². The number of carbonyl (C=O) groups is 3. The first-order chi connectivity index (χ1) is 19.0. The standard InChI is InChI=1S/C27H32N4O7S2/c1-5-37-23(32)17-31-22-16-18(3)15-19(4)24(22)39-26(31)28-25(33)20-7-9-21(10-8-20)40(35,36)30-13-11-29(12-14-30)27(34)38-6-2/h7-10,15-16H,5-6,11-14,17H2,1-4H3. The van der Waals surface area contributed by atoms with Gasteiger partial charge in [0.05, 0.1) is 28.3 Å². The average Bonchev–Trinajstić information content (AvgIpc) is 3.25. The van der Waals surface area contributed by atoms with Gasteiger partial charge in [0.2, 0.25) is 10.0 Å². The molecule has 1 saturated heterocycles. The Morgan fingerprint density at radius 3 is 2.23 bits per heavy atom. The van der Waals surface area contributed by atoms with Crippen LogP contribution in [0.1, 0.15) is 35.3 Å². The summed E-state index contributed by atoms with van der Waals surface area (Å²) in [5.74, 6) is -1.00. The molecule has 11 nitrogen and oxygen atoms in total. The summed E-state index contributed by atoms with van der Waals surface area (Å²) in [4.78, 5) is 43.5. The first-order valence-electron chi connectivity index (χ1n) is 12.9. The van der Waals surface area contributed by atoms with Crippen molar-refractivity contribution in [3.05, 3.63) is 57.9 Å². The van der Waals surface area contributed by atoms with Crippen LogP contribution in [0.2, 0.25) is 0 Å². The van der Waals surface area contributed by atoms with Crippen LogP contribution in [0.3, 0.4) is 0 Å². The van der Waals surface area contributed by atoms with E-state index in [-0.39, 0.29) is 56.4 Å². The van der Waals surface area contributed by atoms with E-state index in [1.807, 2.05) is 26.0 Å². The highest BCUT2D eigenvalue weighted by atomic mass is 32.2. The minimum Gasteiger partial charge on any atom is -0.465 e. The summed E-state index contributed by atoms with van der Waals surface area (Å²) in [6, 6.07) is 9.56. The summed E-state index contributed by atoms with van der Waals surface area (Å²) < 4.78 is 40.3. The zero-order chi connectivity index (χ0) is 29.0. The smallest absolute Gasteiger partial charge is 0.409 e. The molecular formula is C27H32N4O7S2. The van der Waals surface area contributed by atoms with Crippen LogP contribution in [0.25, 0.3) is 10.2 Å². The Morgan fingerprint density at radius 2 is 1.60 bits per heavy atom. The van der Waals surface area contributed by atoms with Gasteiger partial charge in [-0.05, 0) is 69.2 Å². The number of nitrogens with zero attached hydrogens (tertiary/aromatic N) is 4. The maximum absolute atomic E-state index is 13.2. The molecule has 13 heteroatoms. The summed E-state index contributed by atoms with van der Waals surface area (Å²) in [7, 11) is -3.82. The molecule has 2 heterocycles. The molecule has 40 heavy (non-hydrogen) atoms. The lowest BCUT2D eigenvalue weighted by molar-refractivity contribution is -0.143. The summed E-state index contributed by atoms with van der Waals surface area (Å²) in [5, 5.41) is 0. The van der Waals surface area contributed by atoms with Crippen molar-refractivity contribution in [3.8, 4) is 0 Å². The van der Waals surface area contributed by atoms with Gasteiger partial charge in [-0.1, -0.05) is 17.4 Å². The van der Waals surface area contributed by atoms with Crippen molar-refractivity contribution in [2.45, 2.75) is 39.1 Å². The molecule has 0 bridgehead atoms. The highest BCUT2D eigenvalue weighted by molar-refractivity contribution is 7.89. The molecule has 214 valence electrons. The van der Waals surface area contributed by atoms with E-state index in [1.54, 1.807) is 18.4 Å². The van der Waals surface area contributed by atoms with Crippen molar-refractivity contribution in [1.82, 2.24) is 13.8 Å². The number of benzene rings is 2. The Balaban J connectivity index is 1.58. The van der Waals surface area contributed by atoms with Gasteiger partial charge in [-0.25, -0.2) is 13.2 Å². The van der Waals surface area contributed by atoms with E-state index in [1.165, 1.54) is 44.8 Å². The number of rotatable bonds is 7. The normalized spacial score (nSPS) is 14.9. The lowest BCUT2D eigenvalue weighted by Gasteiger charge is -2.33. The highest BCUT2D eigenvalue weighted by Crippen LogP contribution is 2.24. The largest absolute Gasteiger partial charge is 0.465 e. The third-order valence-electron chi connectivity index (χ3n) is 6.41. The van der Waals surface area contributed by atoms with Gasteiger partial charge in [-0.2, -0.15) is 9.30 Å². The Hall–Kier alpha value is -3.55. The fourth-order valence-corrected chi connectivity index (χ4v) is 6.98. The lowest BCUT2D eigenvalue weighted by Crippen LogP contribution is -2.50. The number of esters is 1. The molecule has 0 N–H and O–H groups in total. The summed E-state index contributed by atoms with van der Waals surface area (Å²) in [6.45, 7) is 8.49. The van der Waals surface area contributed by atoms with E-state index in [0.29, 0.717) is 4.80 Å². The number of sulfonamides is 1. The first-order valence-corrected chi connectivity index (χ1v) is 15.2. The number of aromatic nitrogens is 1. The molecule has 0 unspecified atom stereocenters. The number of aryl methyl sites for hydroxylation is 2. The van der Waals surface area contributed by atoms with Gasteiger partial charge in [-0.15, -0.1) is 0 Å². The zero-order valence-electron chi connectivity index (χ0n) is 22.9. The monoisotopic (exact) mass is 588 g/mol. The van der Waals surface area contributed by atoms with Crippen LogP contribution in [0.5, 0.6) is 0 Å². The van der Waals surface area contributed by atoms with Crippen LogP contribution in [0, 0.1) is 13.8 Å². The van der Waals surface area contributed by atoms with E-state index in [4.69, 9.17) is 9.47 Å². The summed E-state index contributed by atoms with van der Waals surface area (Å²) >= 11 is 1.30. The molecule has 2 aromatic carbocycles. The van der Waals surface area contributed by atoms with Crippen LogP contribution in [0.15, 0.2) is 46.3 Å². The van der Waals surface area contributed by atoms with E-state index in [9.17, 15) is 22.8 Å². The maximum Gasteiger partial charge on any atom is 0.409 e. The lowest BCUT2D eigenvalue weighted by atomic mass is 10.1. The molecule has 0 spiro atoms. The van der Waals surface area contributed by atoms with Gasteiger partial charge < -0.3 is 18.9 Å². The van der Waals surface area contributed by atoms with E-state index < -0.39 is 28.0 Å². The molecule has 1 aliphatic heterocycles. The molecule has 0 atom stereocenters. The number of hydrogen-bond donors (Lipinski definition) is 0. The van der Waals surface area contributed by atoms with E-state index >= 15 is 0 Å². The minimum absolute atomic E-state index is 0.0407. The van der Waals surface area contributed by atoms with Crippen LogP contribution < -0.4 is 4.80 Å². The fraction of sp³-hybridized carbons (Fsp3) is 0.407. The highest BCUT2D eigenvalue weighted by Gasteiger charge is 2.30. The number of hydrogen-bond acceptors (Lipinski definition) is 8. The third kappa shape index (κ3) is 6.26. The Morgan fingerprint density at radius 1 is 0.950 bits per heavy atom. The van der Waals surface area contributed by atoms with Gasteiger partial charge in [-0.3, -0.25) is 9.59 Å². The summed E-state index contributed by atoms with van der Waals surface area (Å²) in [6.07, 6.45) is -0.460. The number of amides is 2. The molecule has 4 rings (SSSR count). The predicted octanol–water partition coefficient (Wildman–Crippen LogP) is 3.09. The second-order valence-electron chi connectivity index (χ2n) is 9.24. The predicted molar refractivity (Wildman–Crippen MR) is 150 cm³/mol. The third-order valence-corrected chi connectivity index (χ3v) is 9.55. The van der Waals surface area contributed by atoms with Crippen molar-refractivity contribution in [1.29, 1.82) is 0 Å². The Kier molecular flexibility index (Phi) is 9.06. The molecule has 0 aliphatic carbocycles. The van der Waals surface area contributed by atoms with Gasteiger partial charge in [0, 0.05) is 31.7 Å². The second kappa shape index (κ2) is 12.3. The number of piperazine rings is 1. The molecule has 1 aromatic heterocycles. The number of ether oxygens (including phenoxy) is 2. The molecule has 0 saturated carbocycles. The molecule has 2 amide bonds. The van der Waals surface area contributed by atoms with Crippen molar-refractivity contribution in [2.24, 2.45) is 4.99 Å². The van der Waals surface area contributed by atoms with Crippen molar-refractivity contribution < 1.29 is 32.3 Å². The molecular weight excluding hydrogens is 556 g/mol. The molecule has 3 aromatic rings. The number of carbonyl (C=O) groups excluding carboxylic acids is 3.